The first kappa shape index (κ1) is 85.2. The molecule has 107 heavy (non-hydrogen) atoms. The number of esters is 1. The number of rotatable bonds is 21. The number of β-amino-alcohol motifs (C(OH)–C–C–N with tert-alkyl or cyclic N) is 1. The summed E-state index contributed by atoms with van der Waals surface area (Å²) in [5.41, 5.74) is 3.92. The van der Waals surface area contributed by atoms with Crippen LogP contribution in [0.25, 0.3) is 0 Å². The van der Waals surface area contributed by atoms with Gasteiger partial charge in [-0.25, -0.2) is 52.1 Å². The minimum atomic E-state index is -0.706. The number of likely N-dealkylation sites (tertiary alicyclic amines) is 2. The fraction of sp³-hybridized carbons (Fsp3) is 0.431. The number of pyridine rings is 5. The molecule has 0 bridgehead atoms. The molecule has 0 aliphatic carbocycles. The molecule has 10 rings (SSSR count). The Morgan fingerprint density at radius 1 is 0.589 bits per heavy atom. The van der Waals surface area contributed by atoms with Gasteiger partial charge in [0.25, 0.3) is 17.7 Å². The summed E-state index contributed by atoms with van der Waals surface area (Å²) in [5.74, 6) is -0.730. The number of halogens is 7. The molecule has 1 aromatic carbocycles. The summed E-state index contributed by atoms with van der Waals surface area (Å²) in [4.78, 5) is 84.2. The Morgan fingerprint density at radius 2 is 0.972 bits per heavy atom. The lowest BCUT2D eigenvalue weighted by atomic mass is 9.94. The van der Waals surface area contributed by atoms with Crippen LogP contribution in [0.4, 0.5) is 22.4 Å². The van der Waals surface area contributed by atoms with Crippen LogP contribution < -0.4 is 40.2 Å². The van der Waals surface area contributed by atoms with Crippen molar-refractivity contribution in [2.45, 2.75) is 103 Å². The number of nitrogens with zero attached hydrogens (tertiary/aromatic N) is 12. The number of aromatic nitrogens is 5. The van der Waals surface area contributed by atoms with Gasteiger partial charge >= 0.3 is 12.1 Å². The molecule has 1 atom stereocenters. The van der Waals surface area contributed by atoms with Crippen LogP contribution in [0.1, 0.15) is 152 Å². The summed E-state index contributed by atoms with van der Waals surface area (Å²) in [6.45, 7) is 8.77. The van der Waals surface area contributed by atoms with Crippen molar-refractivity contribution in [1.29, 1.82) is 26.3 Å². The van der Waals surface area contributed by atoms with Crippen molar-refractivity contribution in [3.8, 4) is 53.3 Å². The predicted octanol–water partition coefficient (Wildman–Crippen LogP) is 9.64. The molecule has 6 aromatic rings. The van der Waals surface area contributed by atoms with Crippen LogP contribution in [-0.4, -0.2) is 192 Å². The van der Waals surface area contributed by atoms with Crippen LogP contribution in [0.15, 0.2) is 73.4 Å². The molecular formula is C72H77Cl3F4N16O12. The van der Waals surface area contributed by atoms with Gasteiger partial charge in [-0.05, 0) is 103 Å². The molecule has 35 heteroatoms. The van der Waals surface area contributed by atoms with E-state index in [4.69, 9.17) is 89.5 Å². The molecule has 566 valence electrons. The quantitative estimate of drug-likeness (QED) is 0.0254. The molecule has 3 fully saturated rings. The lowest BCUT2D eigenvalue weighted by molar-refractivity contribution is 0.0199. The van der Waals surface area contributed by atoms with Gasteiger partial charge < -0.3 is 64.6 Å². The van der Waals surface area contributed by atoms with Crippen LogP contribution in [0.3, 0.4) is 0 Å². The van der Waals surface area contributed by atoms with Gasteiger partial charge in [0.1, 0.15) is 168 Å². The molecule has 9 heterocycles. The highest BCUT2D eigenvalue weighted by Gasteiger charge is 2.31. The highest BCUT2D eigenvalue weighted by molar-refractivity contribution is 6.34. The number of fused-ring (bicyclic) bond motifs is 1. The van der Waals surface area contributed by atoms with Gasteiger partial charge in [0, 0.05) is 105 Å². The summed E-state index contributed by atoms with van der Waals surface area (Å²) in [7, 11) is 0. The van der Waals surface area contributed by atoms with Crippen molar-refractivity contribution in [1.82, 2.24) is 56.0 Å². The molecule has 4 aliphatic rings. The number of aliphatic hydroxyl groups is 1. The van der Waals surface area contributed by atoms with Crippen LogP contribution in [0.2, 0.25) is 15.3 Å². The number of benzene rings is 1. The summed E-state index contributed by atoms with van der Waals surface area (Å²) < 4.78 is 79.6. The fourth-order valence-corrected chi connectivity index (χ4v) is 11.2. The van der Waals surface area contributed by atoms with Gasteiger partial charge in [0.05, 0.1) is 28.5 Å². The van der Waals surface area contributed by atoms with Crippen molar-refractivity contribution in [2.75, 3.05) is 98.9 Å². The first-order valence-corrected chi connectivity index (χ1v) is 34.6. The van der Waals surface area contributed by atoms with Crippen molar-refractivity contribution in [3.05, 3.63) is 156 Å². The average Bonchev–Trinajstić information content (AvgIpc) is 1.69. The molecule has 4 aliphatic heterocycles. The van der Waals surface area contributed by atoms with Crippen molar-refractivity contribution < 1.29 is 75.1 Å². The number of nitrogens with one attached hydrogen (secondary N) is 4. The average molecular weight is 1540 g/mol. The highest BCUT2D eigenvalue weighted by atomic mass is 35.5. The van der Waals surface area contributed by atoms with Crippen LogP contribution in [-0.2, 0) is 16.1 Å². The number of amides is 4. The van der Waals surface area contributed by atoms with Gasteiger partial charge in [0.2, 0.25) is 0 Å². The first-order chi connectivity index (χ1) is 51.4. The molecule has 4 amide bonds. The number of carbonyl (C=O) groups is 5. The number of piperidine rings is 3. The van der Waals surface area contributed by atoms with E-state index in [0.29, 0.717) is 79.7 Å². The second-order valence-electron chi connectivity index (χ2n) is 24.6. The molecule has 28 nitrogen and oxygen atoms in total. The van der Waals surface area contributed by atoms with Crippen molar-refractivity contribution >= 4 is 64.6 Å². The van der Waals surface area contributed by atoms with E-state index in [-0.39, 0.29) is 143 Å². The predicted molar refractivity (Wildman–Crippen MR) is 380 cm³/mol. The Kier molecular flexibility index (Phi) is 34.7. The molecule has 3 saturated heterocycles. The Balaban J connectivity index is 0.000000223. The maximum Gasteiger partial charge on any atom is 0.410 e. The number of cyclic esters (lactones) is 1. The minimum Gasteiger partial charge on any atom is -0.489 e. The zero-order valence-corrected chi connectivity index (χ0v) is 61.0. The molecule has 5 aromatic heterocycles. The smallest absolute Gasteiger partial charge is 0.410 e. The van der Waals surface area contributed by atoms with E-state index < -0.39 is 44.3 Å². The zero-order chi connectivity index (χ0) is 78.0. The lowest BCUT2D eigenvalue weighted by Crippen LogP contribution is -2.47. The third-order valence-corrected chi connectivity index (χ3v) is 16.7. The number of hydrogen-bond acceptors (Lipinski definition) is 24. The Bertz CT molecular complexity index is 4260. The summed E-state index contributed by atoms with van der Waals surface area (Å²) in [5, 5.41) is 67.7. The molecule has 0 spiro atoms. The largest absolute Gasteiger partial charge is 0.489 e. The van der Waals surface area contributed by atoms with E-state index in [0.717, 1.165) is 42.6 Å². The summed E-state index contributed by atoms with van der Waals surface area (Å²) in [6.07, 6.45) is 9.62. The molecule has 0 radical (unpaired) electrons. The van der Waals surface area contributed by atoms with Gasteiger partial charge in [-0.15, -0.1) is 0 Å². The molecular weight excluding hydrogens is 1460 g/mol. The van der Waals surface area contributed by atoms with Gasteiger partial charge in [-0.3, -0.25) is 14.4 Å². The zero-order valence-electron chi connectivity index (χ0n) is 58.7. The third kappa shape index (κ3) is 27.0. The van der Waals surface area contributed by atoms with E-state index in [1.54, 1.807) is 17.0 Å². The van der Waals surface area contributed by atoms with E-state index in [1.165, 1.54) is 61.3 Å². The van der Waals surface area contributed by atoms with Crippen LogP contribution >= 0.6 is 34.8 Å². The maximum atomic E-state index is 12.7. The second kappa shape index (κ2) is 43.6. The van der Waals surface area contributed by atoms with E-state index >= 15 is 0 Å². The first-order valence-electron chi connectivity index (χ1n) is 33.4. The maximum absolute atomic E-state index is 12.7. The van der Waals surface area contributed by atoms with E-state index in [9.17, 15) is 46.6 Å². The Hall–Kier alpha value is -10.8. The third-order valence-electron chi connectivity index (χ3n) is 16.0. The Morgan fingerprint density at radius 3 is 1.37 bits per heavy atom. The number of nitriles is 5. The topological polar surface area (TPSA) is 399 Å². The number of alkyl halides is 4. The summed E-state index contributed by atoms with van der Waals surface area (Å²) in [6, 6.07) is 19.8. The van der Waals surface area contributed by atoms with Crippen LogP contribution in [0.5, 0.6) is 23.0 Å². The normalized spacial score (nSPS) is 14.3. The van der Waals surface area contributed by atoms with Crippen molar-refractivity contribution in [3.63, 3.8) is 0 Å². The highest BCUT2D eigenvalue weighted by Crippen LogP contribution is 2.31. The summed E-state index contributed by atoms with van der Waals surface area (Å²) >= 11 is 16.6. The van der Waals surface area contributed by atoms with Crippen LogP contribution in [0, 0.1) is 63.6 Å². The van der Waals surface area contributed by atoms with Gasteiger partial charge in [-0.1, -0.05) is 40.9 Å². The van der Waals surface area contributed by atoms with Crippen molar-refractivity contribution in [2.24, 2.45) is 0 Å². The SMILES string of the molecule is CC(C)(C)OC(=O)N1CCC(NC(=O)c2cc(OCCF)c(C#N)cn2)CC1.Cc1c([C@@H](O)CN2CCC(NC(=O)c3cc(OCCF)c(C#N)cn3)CC2)ccc2c1COC2=O.N#Cc1cnc(C(=O)NC2CCNCC2)cc1OCCF.N#Cc1cnc(Cl)cc1Cl.N#Cc1cnc(Cl)cc1OCCF. The molecule has 0 saturated carbocycles. The fourth-order valence-electron chi connectivity index (χ4n) is 10.6. The molecule has 0 unspecified atom stereocenters. The number of ether oxygens (including phenoxy) is 6. The number of carbonyl (C=O) groups excluding carboxylic acids is 5. The monoisotopic (exact) mass is 1540 g/mol. The Labute approximate surface area is 629 Å². The van der Waals surface area contributed by atoms with Gasteiger partial charge in [0.15, 0.2) is 0 Å². The second-order valence-corrected chi connectivity index (χ2v) is 25.7. The van der Waals surface area contributed by atoms with Gasteiger partial charge in [-0.2, -0.15) is 26.3 Å². The lowest BCUT2D eigenvalue weighted by Gasteiger charge is -2.33. The standard InChI is InChI=1S/C25H27FN4O5.C19H25FN4O4.C14H17FN4O2.C8H6ClFN2O.C6H2Cl2N2/c1-15-18(2-3-19-20(15)14-35-25(19)33)22(31)13-30-7-4-17(5-8-30)29-24(32)21-10-23(34-9-6-26)16(11-27)12-28-21;1-19(2,3)28-18(26)24-7-4-14(5-8-24)23-17(25)15-10-16(27-9-6-20)13(11-21)12-22-15;15-3-6-21-13-7-12(18-9-10(13)8-16)14(20)19-11-1-4-17-5-2-11;9-8-3-7(13-2-1-10)6(4-11)5-12-8;7-5-1-6(8)10-3-4(5)2-9/h2-3,10,12,17,22,31H,4-9,13-14H2,1H3,(H,29,32);10,12,14H,4-9H2,1-3H3,(H,23,25);7,9,11,17H,1-6H2,(H,19,20);3,5H,1-2H2;1,3H/t22-;;;;/m0..../s1. The number of hydrogen-bond donors (Lipinski definition) is 5. The number of aliphatic hydroxyl groups excluding tert-OH is 1. The van der Waals surface area contributed by atoms with E-state index in [1.807, 2.05) is 58.0 Å². The van der Waals surface area contributed by atoms with E-state index in [2.05, 4.69) is 51.1 Å². The minimum absolute atomic E-state index is 0.0616. The molecule has 5 N–H and O–H groups in total.